The standard InChI is InChI=1S/C21H21F2N3O3S/c1-4-29-12-8-9-15-16(10-12)30-21(24-15)26-20(28)18(11(2)3)25-19(27)17-13(22)6-5-7-14(17)23/h5-11,18H,4H2,1-3H3,(H,25,27)(H,24,26,28)/t18-/m0/s1. The van der Waals surface area contributed by atoms with Crippen LogP contribution in [0.4, 0.5) is 13.9 Å². The molecule has 0 aliphatic carbocycles. The quantitative estimate of drug-likeness (QED) is 0.580. The number of fused-ring (bicyclic) bond motifs is 1. The molecule has 0 unspecified atom stereocenters. The molecule has 0 fully saturated rings. The molecule has 6 nitrogen and oxygen atoms in total. The van der Waals surface area contributed by atoms with Crippen LogP contribution >= 0.6 is 11.3 Å². The van der Waals surface area contributed by atoms with Gasteiger partial charge in [-0.3, -0.25) is 9.59 Å². The Hall–Kier alpha value is -3.07. The molecule has 2 aromatic carbocycles. The number of nitrogens with zero attached hydrogens (tertiary/aromatic N) is 1. The molecule has 0 aliphatic rings. The maximum Gasteiger partial charge on any atom is 0.257 e. The molecule has 158 valence electrons. The molecule has 0 aliphatic heterocycles. The highest BCUT2D eigenvalue weighted by Gasteiger charge is 2.28. The number of carbonyl (C=O) groups excluding carboxylic acids is 2. The summed E-state index contributed by atoms with van der Waals surface area (Å²) >= 11 is 1.26. The van der Waals surface area contributed by atoms with Gasteiger partial charge in [0.2, 0.25) is 5.91 Å². The van der Waals surface area contributed by atoms with Crippen LogP contribution in [0.25, 0.3) is 10.2 Å². The predicted molar refractivity (Wildman–Crippen MR) is 112 cm³/mol. The van der Waals surface area contributed by atoms with Crippen molar-refractivity contribution in [2.75, 3.05) is 11.9 Å². The second kappa shape index (κ2) is 9.17. The van der Waals surface area contributed by atoms with Gasteiger partial charge in [-0.25, -0.2) is 13.8 Å². The summed E-state index contributed by atoms with van der Waals surface area (Å²) in [5.41, 5.74) is -0.0308. The van der Waals surface area contributed by atoms with Crippen molar-refractivity contribution in [3.05, 3.63) is 53.6 Å². The third-order valence-corrected chi connectivity index (χ3v) is 5.26. The molecule has 2 amide bonds. The maximum atomic E-state index is 13.9. The zero-order valence-corrected chi connectivity index (χ0v) is 17.5. The number of benzene rings is 2. The minimum absolute atomic E-state index is 0.331. The Morgan fingerprint density at radius 3 is 2.50 bits per heavy atom. The first-order valence-corrected chi connectivity index (χ1v) is 10.2. The number of anilines is 1. The van der Waals surface area contributed by atoms with E-state index in [9.17, 15) is 18.4 Å². The largest absolute Gasteiger partial charge is 0.494 e. The van der Waals surface area contributed by atoms with Crippen molar-refractivity contribution >= 4 is 38.5 Å². The number of nitrogens with one attached hydrogen (secondary N) is 2. The van der Waals surface area contributed by atoms with Crippen molar-refractivity contribution in [1.29, 1.82) is 0 Å². The predicted octanol–water partition coefficient (Wildman–Crippen LogP) is 4.37. The third-order valence-electron chi connectivity index (χ3n) is 4.33. The molecule has 1 heterocycles. The fourth-order valence-corrected chi connectivity index (χ4v) is 3.76. The van der Waals surface area contributed by atoms with Gasteiger partial charge in [-0.2, -0.15) is 0 Å². The van der Waals surface area contributed by atoms with E-state index in [4.69, 9.17) is 4.74 Å². The fourth-order valence-electron chi connectivity index (χ4n) is 2.86. The van der Waals surface area contributed by atoms with Gasteiger partial charge in [-0.05, 0) is 43.2 Å². The minimum atomic E-state index is -1.01. The van der Waals surface area contributed by atoms with Crippen LogP contribution in [-0.4, -0.2) is 29.4 Å². The number of aromatic nitrogens is 1. The number of thiazole rings is 1. The van der Waals surface area contributed by atoms with Crippen molar-refractivity contribution < 1.29 is 23.1 Å². The lowest BCUT2D eigenvalue weighted by molar-refractivity contribution is -0.118. The summed E-state index contributed by atoms with van der Waals surface area (Å²) in [4.78, 5) is 29.5. The highest BCUT2D eigenvalue weighted by molar-refractivity contribution is 7.22. The lowest BCUT2D eigenvalue weighted by atomic mass is 10.0. The molecule has 3 aromatic rings. The smallest absolute Gasteiger partial charge is 0.257 e. The average molecular weight is 433 g/mol. The van der Waals surface area contributed by atoms with E-state index in [2.05, 4.69) is 15.6 Å². The van der Waals surface area contributed by atoms with Crippen LogP contribution in [0.5, 0.6) is 5.75 Å². The van der Waals surface area contributed by atoms with Crippen molar-refractivity contribution in [3.63, 3.8) is 0 Å². The molecule has 9 heteroatoms. The summed E-state index contributed by atoms with van der Waals surface area (Å²) in [5, 5.41) is 5.44. The fraction of sp³-hybridized carbons (Fsp3) is 0.286. The van der Waals surface area contributed by atoms with Gasteiger partial charge < -0.3 is 15.4 Å². The minimum Gasteiger partial charge on any atom is -0.494 e. The zero-order chi connectivity index (χ0) is 21.8. The Kier molecular flexibility index (Phi) is 6.61. The van der Waals surface area contributed by atoms with Crippen LogP contribution < -0.4 is 15.4 Å². The summed E-state index contributed by atoms with van der Waals surface area (Å²) in [6.45, 7) is 5.85. The summed E-state index contributed by atoms with van der Waals surface area (Å²) in [5.74, 6) is -3.14. The first-order chi connectivity index (χ1) is 14.3. The molecule has 0 bridgehead atoms. The van der Waals surface area contributed by atoms with Gasteiger partial charge in [0, 0.05) is 0 Å². The van der Waals surface area contributed by atoms with Crippen molar-refractivity contribution in [2.24, 2.45) is 5.92 Å². The van der Waals surface area contributed by atoms with Crippen LogP contribution in [0, 0.1) is 17.6 Å². The van der Waals surface area contributed by atoms with E-state index in [0.717, 1.165) is 22.9 Å². The first kappa shape index (κ1) is 21.6. The van der Waals surface area contributed by atoms with Gasteiger partial charge in [0.1, 0.15) is 29.0 Å². The lowest BCUT2D eigenvalue weighted by Gasteiger charge is -2.21. The molecule has 1 aromatic heterocycles. The van der Waals surface area contributed by atoms with Gasteiger partial charge in [-0.15, -0.1) is 0 Å². The number of ether oxygens (including phenoxy) is 1. The number of hydrogen-bond donors (Lipinski definition) is 2. The Morgan fingerprint density at radius 1 is 1.17 bits per heavy atom. The average Bonchev–Trinajstić information content (AvgIpc) is 3.07. The van der Waals surface area contributed by atoms with Gasteiger partial charge in [0.05, 0.1) is 16.8 Å². The van der Waals surface area contributed by atoms with E-state index in [0.29, 0.717) is 23.0 Å². The van der Waals surface area contributed by atoms with Gasteiger partial charge in [-0.1, -0.05) is 31.3 Å². The second-order valence-electron chi connectivity index (χ2n) is 6.86. The normalized spacial score (nSPS) is 12.1. The number of rotatable bonds is 7. The van der Waals surface area contributed by atoms with Crippen molar-refractivity contribution in [1.82, 2.24) is 10.3 Å². The Morgan fingerprint density at radius 2 is 1.87 bits per heavy atom. The third kappa shape index (κ3) is 4.73. The summed E-state index contributed by atoms with van der Waals surface area (Å²) in [6.07, 6.45) is 0. The van der Waals surface area contributed by atoms with E-state index >= 15 is 0 Å². The molecule has 0 radical (unpaired) electrons. The van der Waals surface area contributed by atoms with Gasteiger partial charge in [0.25, 0.3) is 5.91 Å². The van der Waals surface area contributed by atoms with E-state index in [1.807, 2.05) is 13.0 Å². The molecule has 30 heavy (non-hydrogen) atoms. The molecule has 1 atom stereocenters. The van der Waals surface area contributed by atoms with Crippen LogP contribution in [0.15, 0.2) is 36.4 Å². The van der Waals surface area contributed by atoms with Crippen LogP contribution in [0.1, 0.15) is 31.1 Å². The molecule has 0 saturated carbocycles. The lowest BCUT2D eigenvalue weighted by Crippen LogP contribution is -2.47. The first-order valence-electron chi connectivity index (χ1n) is 9.39. The van der Waals surface area contributed by atoms with Crippen LogP contribution in [0.2, 0.25) is 0 Å². The van der Waals surface area contributed by atoms with Gasteiger partial charge in [0.15, 0.2) is 5.13 Å². The molecule has 0 saturated heterocycles. The van der Waals surface area contributed by atoms with E-state index in [1.165, 1.54) is 11.3 Å². The molecular formula is C21H21F2N3O3S. The Bertz CT molecular complexity index is 1060. The number of hydrogen-bond acceptors (Lipinski definition) is 5. The second-order valence-corrected chi connectivity index (χ2v) is 7.89. The van der Waals surface area contributed by atoms with Crippen LogP contribution in [-0.2, 0) is 4.79 Å². The van der Waals surface area contributed by atoms with Gasteiger partial charge >= 0.3 is 0 Å². The highest BCUT2D eigenvalue weighted by atomic mass is 32.1. The van der Waals surface area contributed by atoms with E-state index < -0.39 is 35.1 Å². The van der Waals surface area contributed by atoms with Crippen LogP contribution in [0.3, 0.4) is 0 Å². The van der Waals surface area contributed by atoms with E-state index in [1.54, 1.807) is 26.0 Å². The Balaban J connectivity index is 1.77. The number of amides is 2. The number of halogens is 2. The molecule has 0 spiro atoms. The van der Waals surface area contributed by atoms with Crippen molar-refractivity contribution in [3.8, 4) is 5.75 Å². The Labute approximate surface area is 176 Å². The summed E-state index contributed by atoms with van der Waals surface area (Å²) in [7, 11) is 0. The molecular weight excluding hydrogens is 412 g/mol. The van der Waals surface area contributed by atoms with E-state index in [-0.39, 0.29) is 5.92 Å². The summed E-state index contributed by atoms with van der Waals surface area (Å²) < 4.78 is 34.1. The summed E-state index contributed by atoms with van der Waals surface area (Å²) in [6, 6.07) is 7.53. The number of carbonyl (C=O) groups is 2. The molecule has 2 N–H and O–H groups in total. The SMILES string of the molecule is CCOc1ccc2nc(NC(=O)[C@@H](NC(=O)c3c(F)cccc3F)C(C)C)sc2c1. The highest BCUT2D eigenvalue weighted by Crippen LogP contribution is 2.29. The topological polar surface area (TPSA) is 80.3 Å². The monoisotopic (exact) mass is 433 g/mol. The molecule has 3 rings (SSSR count). The zero-order valence-electron chi connectivity index (χ0n) is 16.7. The van der Waals surface area contributed by atoms with Crippen molar-refractivity contribution in [2.45, 2.75) is 26.8 Å². The maximum absolute atomic E-state index is 13.9.